The maximum atomic E-state index is 11.9. The average molecular weight is 376 g/mol. The van der Waals surface area contributed by atoms with E-state index in [4.69, 9.17) is 15.2 Å². The minimum absolute atomic E-state index is 0.00399. The van der Waals surface area contributed by atoms with Crippen molar-refractivity contribution < 1.29 is 23.9 Å². The predicted molar refractivity (Wildman–Crippen MR) is 99.4 cm³/mol. The van der Waals surface area contributed by atoms with Crippen molar-refractivity contribution in [3.05, 3.63) is 35.9 Å². The second kappa shape index (κ2) is 11.3. The van der Waals surface area contributed by atoms with Crippen molar-refractivity contribution in [3.63, 3.8) is 0 Å². The molecular weight excluding hydrogens is 348 g/mol. The fourth-order valence-electron chi connectivity index (χ4n) is 2.91. The fourth-order valence-corrected chi connectivity index (χ4v) is 2.91. The maximum absolute atomic E-state index is 11.9. The fraction of sp³-hybridized carbons (Fsp3) is 0.550. The third-order valence-corrected chi connectivity index (χ3v) is 4.50. The minimum Gasteiger partial charge on any atom is -0.462 e. The highest BCUT2D eigenvalue weighted by Crippen LogP contribution is 2.20. The highest BCUT2D eigenvalue weighted by atomic mass is 16.5. The van der Waals surface area contributed by atoms with Gasteiger partial charge in [0.1, 0.15) is 19.3 Å². The van der Waals surface area contributed by atoms with Crippen LogP contribution in [-0.2, 0) is 30.5 Å². The molecular formula is C20H28N2O5. The number of carbonyl (C=O) groups is 3. The van der Waals surface area contributed by atoms with Crippen LogP contribution >= 0.6 is 0 Å². The van der Waals surface area contributed by atoms with Gasteiger partial charge in [0.05, 0.1) is 6.04 Å². The summed E-state index contributed by atoms with van der Waals surface area (Å²) in [6.07, 6.45) is 5.43. The van der Waals surface area contributed by atoms with Gasteiger partial charge in [0, 0.05) is 6.42 Å². The molecule has 1 atom stereocenters. The van der Waals surface area contributed by atoms with Gasteiger partial charge in [-0.05, 0) is 37.7 Å². The number of hydrogen-bond donors (Lipinski definition) is 2. The van der Waals surface area contributed by atoms with Crippen LogP contribution in [0.4, 0.5) is 0 Å². The molecule has 0 bridgehead atoms. The van der Waals surface area contributed by atoms with Crippen LogP contribution in [0.3, 0.4) is 0 Å². The lowest BCUT2D eigenvalue weighted by Crippen LogP contribution is -2.43. The monoisotopic (exact) mass is 376 g/mol. The number of carbonyl (C=O) groups excluding carboxylic acids is 3. The van der Waals surface area contributed by atoms with Gasteiger partial charge in [0.15, 0.2) is 0 Å². The summed E-state index contributed by atoms with van der Waals surface area (Å²) in [5.74, 6) is -1.36. The van der Waals surface area contributed by atoms with E-state index in [0.717, 1.165) is 31.2 Å². The zero-order valence-corrected chi connectivity index (χ0v) is 15.5. The minimum atomic E-state index is -0.870. The summed E-state index contributed by atoms with van der Waals surface area (Å²) in [6, 6.07) is 8.39. The standard InChI is InChI=1S/C20H28N2O5/c21-17(11-12-18(23)27-16-9-5-2-6-10-16)20(25)22-13-19(24)26-14-15-7-3-1-4-8-15/h1,3-4,7-8,16-17H,2,5-6,9-14,21H2,(H,22,25)/t17-/m0/s1. The number of nitrogens with one attached hydrogen (secondary N) is 1. The molecule has 1 aromatic rings. The Labute approximate surface area is 159 Å². The lowest BCUT2D eigenvalue weighted by molar-refractivity contribution is -0.151. The first kappa shape index (κ1) is 20.9. The molecule has 1 saturated carbocycles. The van der Waals surface area contributed by atoms with Gasteiger partial charge in [0.2, 0.25) is 5.91 Å². The summed E-state index contributed by atoms with van der Waals surface area (Å²) in [7, 11) is 0. The van der Waals surface area contributed by atoms with Crippen molar-refractivity contribution >= 4 is 17.8 Å². The van der Waals surface area contributed by atoms with E-state index in [-0.39, 0.29) is 38.1 Å². The third-order valence-electron chi connectivity index (χ3n) is 4.50. The molecule has 1 amide bonds. The van der Waals surface area contributed by atoms with E-state index in [0.29, 0.717) is 0 Å². The van der Waals surface area contributed by atoms with E-state index in [1.807, 2.05) is 30.3 Å². The number of nitrogens with two attached hydrogens (primary N) is 1. The van der Waals surface area contributed by atoms with Crippen molar-refractivity contribution in [3.8, 4) is 0 Å². The number of hydrogen-bond acceptors (Lipinski definition) is 6. The maximum Gasteiger partial charge on any atom is 0.325 e. The lowest BCUT2D eigenvalue weighted by atomic mass is 9.98. The molecule has 0 spiro atoms. The first-order valence-electron chi connectivity index (χ1n) is 9.47. The van der Waals surface area contributed by atoms with Crippen LogP contribution < -0.4 is 11.1 Å². The Bertz CT molecular complexity index is 614. The Morgan fingerprint density at radius 3 is 2.48 bits per heavy atom. The molecule has 0 unspecified atom stereocenters. The normalized spacial score (nSPS) is 15.6. The Hall–Kier alpha value is -2.41. The topological polar surface area (TPSA) is 108 Å². The van der Waals surface area contributed by atoms with Gasteiger partial charge < -0.3 is 20.5 Å². The van der Waals surface area contributed by atoms with Gasteiger partial charge in [-0.1, -0.05) is 36.8 Å². The molecule has 148 valence electrons. The summed E-state index contributed by atoms with van der Waals surface area (Å²) in [5, 5.41) is 2.43. The van der Waals surface area contributed by atoms with E-state index < -0.39 is 17.9 Å². The van der Waals surface area contributed by atoms with Crippen LogP contribution in [0.1, 0.15) is 50.5 Å². The quantitative estimate of drug-likeness (QED) is 0.637. The molecule has 2 rings (SSSR count). The third kappa shape index (κ3) is 8.21. The van der Waals surface area contributed by atoms with E-state index in [1.54, 1.807) is 0 Å². The zero-order valence-electron chi connectivity index (χ0n) is 15.5. The van der Waals surface area contributed by atoms with E-state index >= 15 is 0 Å². The zero-order chi connectivity index (χ0) is 19.5. The van der Waals surface area contributed by atoms with Crippen LogP contribution in [0.15, 0.2) is 30.3 Å². The summed E-state index contributed by atoms with van der Waals surface area (Å²) < 4.78 is 10.5. The van der Waals surface area contributed by atoms with Crippen LogP contribution in [0.2, 0.25) is 0 Å². The van der Waals surface area contributed by atoms with Gasteiger partial charge in [-0.15, -0.1) is 0 Å². The summed E-state index contributed by atoms with van der Waals surface area (Å²) in [6.45, 7) is -0.111. The van der Waals surface area contributed by atoms with Crippen molar-refractivity contribution in [2.45, 2.75) is 63.7 Å². The van der Waals surface area contributed by atoms with E-state index in [2.05, 4.69) is 5.32 Å². The van der Waals surface area contributed by atoms with Crippen LogP contribution in [-0.4, -0.2) is 36.5 Å². The van der Waals surface area contributed by atoms with Gasteiger partial charge in [-0.25, -0.2) is 0 Å². The predicted octanol–water partition coefficient (Wildman–Crippen LogP) is 1.83. The van der Waals surface area contributed by atoms with Crippen molar-refractivity contribution in [2.24, 2.45) is 5.73 Å². The summed E-state index contributed by atoms with van der Waals surface area (Å²) in [5.41, 5.74) is 6.64. The second-order valence-corrected chi connectivity index (χ2v) is 6.76. The molecule has 27 heavy (non-hydrogen) atoms. The van der Waals surface area contributed by atoms with Gasteiger partial charge in [-0.2, -0.15) is 0 Å². The average Bonchev–Trinajstić information content (AvgIpc) is 2.70. The highest BCUT2D eigenvalue weighted by molar-refractivity contribution is 5.85. The van der Waals surface area contributed by atoms with Crippen molar-refractivity contribution in [2.75, 3.05) is 6.54 Å². The van der Waals surface area contributed by atoms with Crippen molar-refractivity contribution in [1.82, 2.24) is 5.32 Å². The van der Waals surface area contributed by atoms with Gasteiger partial charge in [0.25, 0.3) is 0 Å². The van der Waals surface area contributed by atoms with Crippen LogP contribution in [0.5, 0.6) is 0 Å². The molecule has 1 aliphatic rings. The molecule has 1 aliphatic carbocycles. The summed E-state index contributed by atoms with van der Waals surface area (Å²) in [4.78, 5) is 35.4. The van der Waals surface area contributed by atoms with Gasteiger partial charge in [-0.3, -0.25) is 14.4 Å². The van der Waals surface area contributed by atoms with E-state index in [1.165, 1.54) is 6.42 Å². The number of rotatable bonds is 9. The molecule has 0 aromatic heterocycles. The van der Waals surface area contributed by atoms with E-state index in [9.17, 15) is 14.4 Å². The summed E-state index contributed by atoms with van der Waals surface area (Å²) >= 11 is 0. The smallest absolute Gasteiger partial charge is 0.325 e. The Morgan fingerprint density at radius 1 is 1.07 bits per heavy atom. The molecule has 7 nitrogen and oxygen atoms in total. The Kier molecular flexibility index (Phi) is 8.77. The highest BCUT2D eigenvalue weighted by Gasteiger charge is 2.20. The molecule has 1 fully saturated rings. The first-order valence-corrected chi connectivity index (χ1v) is 9.47. The molecule has 0 radical (unpaired) electrons. The number of ether oxygens (including phenoxy) is 2. The van der Waals surface area contributed by atoms with Gasteiger partial charge >= 0.3 is 11.9 Å². The molecule has 0 saturated heterocycles. The number of amides is 1. The Morgan fingerprint density at radius 2 is 1.78 bits per heavy atom. The molecule has 3 N–H and O–H groups in total. The number of esters is 2. The first-order chi connectivity index (χ1) is 13.0. The lowest BCUT2D eigenvalue weighted by Gasteiger charge is -2.22. The molecule has 7 heteroatoms. The SMILES string of the molecule is N[C@@H](CCC(=O)OC1CCCCC1)C(=O)NCC(=O)OCc1ccccc1. The number of benzene rings is 1. The largest absolute Gasteiger partial charge is 0.462 e. The Balaban J connectivity index is 1.58. The molecule has 0 aliphatic heterocycles. The van der Waals surface area contributed by atoms with Crippen LogP contribution in [0.25, 0.3) is 0 Å². The second-order valence-electron chi connectivity index (χ2n) is 6.76. The molecule has 1 aromatic carbocycles. The van der Waals surface area contributed by atoms with Crippen LogP contribution in [0, 0.1) is 0 Å². The molecule has 0 heterocycles. The van der Waals surface area contributed by atoms with Crippen molar-refractivity contribution in [1.29, 1.82) is 0 Å².